The zero-order valence-corrected chi connectivity index (χ0v) is 16.0. The number of nitrogens with one attached hydrogen (secondary N) is 2. The average molecular weight is 387 g/mol. The number of fused-ring (bicyclic) bond motifs is 8. The maximum Gasteiger partial charge on any atom is 0.224 e. The Bertz CT molecular complexity index is 1090. The summed E-state index contributed by atoms with van der Waals surface area (Å²) in [5, 5.41) is 16.0. The van der Waals surface area contributed by atoms with Crippen molar-refractivity contribution in [2.75, 3.05) is 10.6 Å². The molecule has 146 valence electrons. The van der Waals surface area contributed by atoms with Crippen LogP contribution in [0.15, 0.2) is 30.3 Å². The predicted molar refractivity (Wildman–Crippen MR) is 108 cm³/mol. The third-order valence-electron chi connectivity index (χ3n) is 7.68. The highest BCUT2D eigenvalue weighted by Crippen LogP contribution is 2.64. The summed E-state index contributed by atoms with van der Waals surface area (Å²) in [7, 11) is 0. The van der Waals surface area contributed by atoms with Crippen LogP contribution in [0, 0.1) is 34.9 Å². The lowest BCUT2D eigenvalue weighted by molar-refractivity contribution is -0.116. The molecule has 4 nitrogen and oxygen atoms in total. The van der Waals surface area contributed by atoms with Gasteiger partial charge in [0.05, 0.1) is 11.6 Å². The Hall–Kier alpha value is -2.87. The Morgan fingerprint density at radius 2 is 1.93 bits per heavy atom. The molecular formula is C24H22FN3O. The molecule has 4 aliphatic rings. The molecule has 1 amide bonds. The van der Waals surface area contributed by atoms with Gasteiger partial charge in [0.15, 0.2) is 0 Å². The lowest BCUT2D eigenvalue weighted by Gasteiger charge is -2.44. The molecule has 2 aliphatic carbocycles. The lowest BCUT2D eigenvalue weighted by atomic mass is 9.67. The van der Waals surface area contributed by atoms with E-state index in [1.54, 1.807) is 6.07 Å². The Morgan fingerprint density at radius 1 is 1.07 bits per heavy atom. The van der Waals surface area contributed by atoms with E-state index in [-0.39, 0.29) is 17.5 Å². The molecule has 2 saturated carbocycles. The highest BCUT2D eigenvalue weighted by atomic mass is 19.1. The molecule has 2 aliphatic heterocycles. The van der Waals surface area contributed by atoms with Crippen molar-refractivity contribution >= 4 is 17.3 Å². The summed E-state index contributed by atoms with van der Waals surface area (Å²) < 4.78 is 13.9. The Balaban J connectivity index is 1.48. The van der Waals surface area contributed by atoms with Gasteiger partial charge in [-0.2, -0.15) is 5.26 Å². The maximum absolute atomic E-state index is 13.9. The highest BCUT2D eigenvalue weighted by Gasteiger charge is 2.54. The van der Waals surface area contributed by atoms with E-state index in [0.29, 0.717) is 30.1 Å². The maximum atomic E-state index is 13.9. The van der Waals surface area contributed by atoms with Crippen molar-refractivity contribution in [2.24, 2.45) is 17.8 Å². The second-order valence-electron chi connectivity index (χ2n) is 9.05. The van der Waals surface area contributed by atoms with Crippen LogP contribution in [0.5, 0.6) is 0 Å². The number of carbonyl (C=O) groups is 1. The van der Waals surface area contributed by atoms with Crippen LogP contribution in [0.1, 0.15) is 59.9 Å². The van der Waals surface area contributed by atoms with E-state index in [9.17, 15) is 14.4 Å². The molecule has 2 aromatic carbocycles. The number of amides is 1. The van der Waals surface area contributed by atoms with Gasteiger partial charge in [0.1, 0.15) is 11.9 Å². The number of benzene rings is 2. The van der Waals surface area contributed by atoms with E-state index in [2.05, 4.69) is 22.8 Å². The normalized spacial score (nSPS) is 31.2. The molecule has 5 atom stereocenters. The van der Waals surface area contributed by atoms with Crippen LogP contribution in [0.3, 0.4) is 0 Å². The number of anilines is 2. The summed E-state index contributed by atoms with van der Waals surface area (Å²) in [6.07, 6.45) is 5.14. The standard InChI is InChI=1S/C24H22FN3O/c25-18-5-3-15(8-16(18)11-26)24-23-14-2-1-13(7-14)22(23)17-9-12-4-6-21(29)27-19(12)10-20(17)28-24/h3,5,8-10,13-14,22-24,28H,1-2,4,6-7H2,(H,27,29)/t13-,14+,22-,23-,24+/m1/s1. The van der Waals surface area contributed by atoms with Crippen LogP contribution >= 0.6 is 0 Å². The number of carbonyl (C=O) groups excluding carboxylic acids is 1. The van der Waals surface area contributed by atoms with Gasteiger partial charge >= 0.3 is 0 Å². The third kappa shape index (κ3) is 2.45. The van der Waals surface area contributed by atoms with Crippen molar-refractivity contribution < 1.29 is 9.18 Å². The first-order chi connectivity index (χ1) is 14.1. The number of rotatable bonds is 1. The summed E-state index contributed by atoms with van der Waals surface area (Å²) in [5.41, 5.74) is 5.69. The van der Waals surface area contributed by atoms with Gasteiger partial charge in [-0.1, -0.05) is 12.1 Å². The summed E-state index contributed by atoms with van der Waals surface area (Å²) in [5.74, 6) is 1.93. The van der Waals surface area contributed by atoms with Crippen molar-refractivity contribution in [3.05, 3.63) is 58.4 Å². The Morgan fingerprint density at radius 3 is 2.79 bits per heavy atom. The van der Waals surface area contributed by atoms with Crippen LogP contribution in [0.25, 0.3) is 0 Å². The molecule has 2 heterocycles. The second kappa shape index (κ2) is 6.06. The molecule has 2 fully saturated rings. The van der Waals surface area contributed by atoms with Gasteiger partial charge in [0.25, 0.3) is 0 Å². The lowest BCUT2D eigenvalue weighted by Crippen LogP contribution is -2.36. The van der Waals surface area contributed by atoms with E-state index in [0.717, 1.165) is 23.4 Å². The van der Waals surface area contributed by atoms with Crippen molar-refractivity contribution in [2.45, 2.75) is 44.1 Å². The fraction of sp³-hybridized carbons (Fsp3) is 0.417. The molecule has 0 spiro atoms. The Labute approximate surface area is 169 Å². The van der Waals surface area contributed by atoms with E-state index < -0.39 is 5.82 Å². The zero-order chi connectivity index (χ0) is 19.7. The predicted octanol–water partition coefficient (Wildman–Crippen LogP) is 4.88. The number of hydrogen-bond acceptors (Lipinski definition) is 3. The smallest absolute Gasteiger partial charge is 0.224 e. The largest absolute Gasteiger partial charge is 0.378 e. The second-order valence-corrected chi connectivity index (χ2v) is 9.05. The Kier molecular flexibility index (Phi) is 3.56. The quantitative estimate of drug-likeness (QED) is 0.733. The summed E-state index contributed by atoms with van der Waals surface area (Å²) >= 11 is 0. The SMILES string of the molecule is N#Cc1cc([C@@H]2Nc3cc4c(cc3[C@H]3[C@@H]5CC[C@@H](C5)[C@H]32)CCC(=O)N4)ccc1F. The first-order valence-corrected chi connectivity index (χ1v) is 10.5. The van der Waals surface area contributed by atoms with Gasteiger partial charge in [-0.25, -0.2) is 4.39 Å². The van der Waals surface area contributed by atoms with Crippen molar-refractivity contribution in [1.82, 2.24) is 0 Å². The number of halogens is 1. The highest BCUT2D eigenvalue weighted by molar-refractivity contribution is 5.95. The van der Waals surface area contributed by atoms with E-state index in [4.69, 9.17) is 0 Å². The average Bonchev–Trinajstić information content (AvgIpc) is 3.35. The molecular weight excluding hydrogens is 365 g/mol. The fourth-order valence-electron chi connectivity index (χ4n) is 6.52. The molecule has 0 radical (unpaired) electrons. The molecule has 0 unspecified atom stereocenters. The first-order valence-electron chi connectivity index (χ1n) is 10.5. The third-order valence-corrected chi connectivity index (χ3v) is 7.68. The van der Waals surface area contributed by atoms with Gasteiger partial charge in [-0.15, -0.1) is 0 Å². The fourth-order valence-corrected chi connectivity index (χ4v) is 6.52. The minimum absolute atomic E-state index is 0.0628. The minimum atomic E-state index is -0.464. The zero-order valence-electron chi connectivity index (χ0n) is 16.0. The first kappa shape index (κ1) is 17.0. The summed E-state index contributed by atoms with van der Waals surface area (Å²) in [6.45, 7) is 0. The number of nitrogens with zero attached hydrogens (tertiary/aromatic N) is 1. The monoisotopic (exact) mass is 387 g/mol. The molecule has 6 rings (SSSR count). The molecule has 0 aromatic heterocycles. The van der Waals surface area contributed by atoms with Gasteiger partial charge < -0.3 is 10.6 Å². The van der Waals surface area contributed by atoms with Gasteiger partial charge in [-0.3, -0.25) is 4.79 Å². The molecule has 0 saturated heterocycles. The van der Waals surface area contributed by atoms with E-state index >= 15 is 0 Å². The number of aryl methyl sites for hydroxylation is 1. The topological polar surface area (TPSA) is 64.9 Å². The van der Waals surface area contributed by atoms with Crippen LogP contribution in [-0.4, -0.2) is 5.91 Å². The van der Waals surface area contributed by atoms with Crippen LogP contribution in [0.4, 0.5) is 15.8 Å². The summed E-state index contributed by atoms with van der Waals surface area (Å²) in [4.78, 5) is 11.9. The molecule has 29 heavy (non-hydrogen) atoms. The van der Waals surface area contributed by atoms with Gasteiger partial charge in [0.2, 0.25) is 5.91 Å². The number of nitriles is 1. The molecule has 2 N–H and O–H groups in total. The minimum Gasteiger partial charge on any atom is -0.378 e. The van der Waals surface area contributed by atoms with Gasteiger partial charge in [0, 0.05) is 17.8 Å². The molecule has 5 heteroatoms. The van der Waals surface area contributed by atoms with Crippen LogP contribution in [0.2, 0.25) is 0 Å². The van der Waals surface area contributed by atoms with E-state index in [1.165, 1.54) is 36.5 Å². The van der Waals surface area contributed by atoms with Gasteiger partial charge in [-0.05, 0) is 84.2 Å². The van der Waals surface area contributed by atoms with Crippen LogP contribution in [-0.2, 0) is 11.2 Å². The molecule has 2 bridgehead atoms. The summed E-state index contributed by atoms with van der Waals surface area (Å²) in [6, 6.07) is 11.4. The van der Waals surface area contributed by atoms with Crippen LogP contribution < -0.4 is 10.6 Å². The van der Waals surface area contributed by atoms with Crippen molar-refractivity contribution in [1.29, 1.82) is 5.26 Å². The molecule has 2 aromatic rings. The van der Waals surface area contributed by atoms with Crippen molar-refractivity contribution in [3.8, 4) is 6.07 Å². The van der Waals surface area contributed by atoms with E-state index in [1.807, 2.05) is 12.1 Å². The number of hydrogen-bond donors (Lipinski definition) is 2. The van der Waals surface area contributed by atoms with Crippen molar-refractivity contribution in [3.63, 3.8) is 0 Å².